The van der Waals surface area contributed by atoms with E-state index in [0.717, 1.165) is 30.9 Å². The summed E-state index contributed by atoms with van der Waals surface area (Å²) in [6.07, 6.45) is 0.644. The molecule has 1 aromatic heterocycles. The van der Waals surface area contributed by atoms with Gasteiger partial charge in [0.1, 0.15) is 0 Å². The molecule has 25 heavy (non-hydrogen) atoms. The van der Waals surface area contributed by atoms with Crippen LogP contribution in [0.4, 0.5) is 0 Å². The number of aliphatic hydroxyl groups is 1. The van der Waals surface area contributed by atoms with E-state index in [1.54, 1.807) is 0 Å². The average molecular weight is 332 g/mol. The maximum Gasteiger partial charge on any atom is 0.0736 e. The Kier molecular flexibility index (Phi) is 4.51. The van der Waals surface area contributed by atoms with E-state index in [2.05, 4.69) is 64.5 Å². The van der Waals surface area contributed by atoms with Crippen molar-refractivity contribution in [3.63, 3.8) is 0 Å². The van der Waals surface area contributed by atoms with Crippen LogP contribution in [0.5, 0.6) is 0 Å². The van der Waals surface area contributed by atoms with Crippen LogP contribution in [0, 0.1) is 6.92 Å². The van der Waals surface area contributed by atoms with Crippen molar-refractivity contribution in [1.82, 2.24) is 9.88 Å². The first kappa shape index (κ1) is 16.2. The SMILES string of the molecule is Cc1cccc(CN2CC[C@@H](c3ccc4ccccc4c3)[C@H](O)C2)n1. The maximum absolute atomic E-state index is 10.7. The van der Waals surface area contributed by atoms with Crippen LogP contribution in [-0.2, 0) is 6.54 Å². The second kappa shape index (κ2) is 6.95. The van der Waals surface area contributed by atoms with Gasteiger partial charge in [-0.3, -0.25) is 9.88 Å². The molecule has 2 heterocycles. The monoisotopic (exact) mass is 332 g/mol. The molecule has 1 aliphatic heterocycles. The number of aliphatic hydroxyl groups excluding tert-OH is 1. The number of β-amino-alcohol motifs (C(OH)–C–C–N with tert-alkyl or cyclic N) is 1. The summed E-state index contributed by atoms with van der Waals surface area (Å²) in [5, 5.41) is 13.2. The zero-order valence-corrected chi connectivity index (χ0v) is 14.6. The second-order valence-electron chi connectivity index (χ2n) is 7.07. The third kappa shape index (κ3) is 3.58. The molecule has 0 radical (unpaired) electrons. The molecule has 0 saturated carbocycles. The van der Waals surface area contributed by atoms with Crippen molar-refractivity contribution in [2.75, 3.05) is 13.1 Å². The summed E-state index contributed by atoms with van der Waals surface area (Å²) < 4.78 is 0. The Bertz CT molecular complexity index is 877. The molecule has 4 rings (SSSR count). The number of benzene rings is 2. The molecular weight excluding hydrogens is 308 g/mol. The minimum absolute atomic E-state index is 0.214. The quantitative estimate of drug-likeness (QED) is 0.790. The van der Waals surface area contributed by atoms with Crippen molar-refractivity contribution >= 4 is 10.8 Å². The molecule has 3 heteroatoms. The first-order valence-corrected chi connectivity index (χ1v) is 9.01. The number of nitrogens with zero attached hydrogens (tertiary/aromatic N) is 2. The number of rotatable bonds is 3. The Labute approximate surface area is 148 Å². The Morgan fingerprint density at radius 3 is 2.68 bits per heavy atom. The van der Waals surface area contributed by atoms with Crippen LogP contribution in [0.3, 0.4) is 0 Å². The average Bonchev–Trinajstić information content (AvgIpc) is 2.61. The van der Waals surface area contributed by atoms with Crippen molar-refractivity contribution < 1.29 is 5.11 Å². The maximum atomic E-state index is 10.7. The van der Waals surface area contributed by atoms with E-state index in [-0.39, 0.29) is 12.0 Å². The lowest BCUT2D eigenvalue weighted by atomic mass is 9.86. The van der Waals surface area contributed by atoms with Crippen LogP contribution in [0.15, 0.2) is 60.7 Å². The lowest BCUT2D eigenvalue weighted by Crippen LogP contribution is -2.42. The normalized spacial score (nSPS) is 21.5. The molecule has 1 fully saturated rings. The van der Waals surface area contributed by atoms with Gasteiger partial charge in [-0.25, -0.2) is 0 Å². The van der Waals surface area contributed by atoms with Crippen LogP contribution in [-0.4, -0.2) is 34.2 Å². The molecule has 1 saturated heterocycles. The largest absolute Gasteiger partial charge is 0.391 e. The number of hydrogen-bond donors (Lipinski definition) is 1. The van der Waals surface area contributed by atoms with Crippen molar-refractivity contribution in [2.45, 2.75) is 31.9 Å². The van der Waals surface area contributed by atoms with Gasteiger partial charge in [-0.2, -0.15) is 0 Å². The number of piperidine rings is 1. The predicted octanol–water partition coefficient (Wildman–Crippen LogP) is 3.89. The topological polar surface area (TPSA) is 36.4 Å². The molecule has 0 spiro atoms. The molecule has 2 atom stereocenters. The van der Waals surface area contributed by atoms with Crippen LogP contribution in [0.1, 0.15) is 29.3 Å². The first-order chi connectivity index (χ1) is 12.2. The number of likely N-dealkylation sites (tertiary alicyclic amines) is 1. The lowest BCUT2D eigenvalue weighted by Gasteiger charge is -2.36. The summed E-state index contributed by atoms with van der Waals surface area (Å²) in [6.45, 7) is 4.52. The highest BCUT2D eigenvalue weighted by Crippen LogP contribution is 2.31. The van der Waals surface area contributed by atoms with Gasteiger partial charge in [0, 0.05) is 24.7 Å². The number of aromatic nitrogens is 1. The van der Waals surface area contributed by atoms with Crippen molar-refractivity contribution in [2.24, 2.45) is 0 Å². The van der Waals surface area contributed by atoms with Gasteiger partial charge in [0.25, 0.3) is 0 Å². The van der Waals surface area contributed by atoms with Gasteiger partial charge in [-0.05, 0) is 48.4 Å². The van der Waals surface area contributed by atoms with E-state index in [1.807, 2.05) is 13.0 Å². The summed E-state index contributed by atoms with van der Waals surface area (Å²) in [5.41, 5.74) is 3.37. The summed E-state index contributed by atoms with van der Waals surface area (Å²) in [4.78, 5) is 6.89. The molecule has 3 aromatic rings. The molecule has 2 aromatic carbocycles. The van der Waals surface area contributed by atoms with Gasteiger partial charge in [-0.15, -0.1) is 0 Å². The molecule has 0 bridgehead atoms. The third-order valence-electron chi connectivity index (χ3n) is 5.20. The van der Waals surface area contributed by atoms with Crippen LogP contribution >= 0.6 is 0 Å². The van der Waals surface area contributed by atoms with E-state index < -0.39 is 0 Å². The first-order valence-electron chi connectivity index (χ1n) is 9.01. The summed E-state index contributed by atoms with van der Waals surface area (Å²) >= 11 is 0. The molecule has 128 valence electrons. The van der Waals surface area contributed by atoms with Crippen molar-refractivity contribution in [1.29, 1.82) is 0 Å². The third-order valence-corrected chi connectivity index (χ3v) is 5.20. The highest BCUT2D eigenvalue weighted by atomic mass is 16.3. The number of fused-ring (bicyclic) bond motifs is 1. The highest BCUT2D eigenvalue weighted by Gasteiger charge is 2.29. The van der Waals surface area contributed by atoms with Crippen LogP contribution in [0.2, 0.25) is 0 Å². The second-order valence-corrected chi connectivity index (χ2v) is 7.07. The fraction of sp³-hybridized carbons (Fsp3) is 0.318. The van der Waals surface area contributed by atoms with Gasteiger partial charge in [0.2, 0.25) is 0 Å². The summed E-state index contributed by atoms with van der Waals surface area (Å²) in [7, 11) is 0. The Morgan fingerprint density at radius 1 is 1.04 bits per heavy atom. The van der Waals surface area contributed by atoms with E-state index in [0.29, 0.717) is 6.54 Å². The van der Waals surface area contributed by atoms with E-state index in [4.69, 9.17) is 0 Å². The Morgan fingerprint density at radius 2 is 1.88 bits per heavy atom. The molecule has 1 aliphatic rings. The predicted molar refractivity (Wildman–Crippen MR) is 102 cm³/mol. The standard InChI is InChI=1S/C22H24N2O/c1-16-5-4-8-20(23-16)14-24-12-11-21(22(25)15-24)19-10-9-17-6-2-3-7-18(17)13-19/h2-10,13,21-22,25H,11-12,14-15H2,1H3/t21-,22+/m0/s1. The zero-order chi connectivity index (χ0) is 17.2. The van der Waals surface area contributed by atoms with Crippen molar-refractivity contribution in [3.8, 4) is 0 Å². The highest BCUT2D eigenvalue weighted by molar-refractivity contribution is 5.83. The Hall–Kier alpha value is -2.23. The van der Waals surface area contributed by atoms with E-state index >= 15 is 0 Å². The van der Waals surface area contributed by atoms with Gasteiger partial charge in [-0.1, -0.05) is 48.5 Å². The molecule has 0 amide bonds. The summed E-state index contributed by atoms with van der Waals surface area (Å²) in [5.74, 6) is 0.214. The van der Waals surface area contributed by atoms with E-state index in [9.17, 15) is 5.11 Å². The smallest absolute Gasteiger partial charge is 0.0736 e. The minimum atomic E-state index is -0.334. The van der Waals surface area contributed by atoms with Crippen LogP contribution < -0.4 is 0 Å². The van der Waals surface area contributed by atoms with Gasteiger partial charge >= 0.3 is 0 Å². The minimum Gasteiger partial charge on any atom is -0.391 e. The Balaban J connectivity index is 1.47. The van der Waals surface area contributed by atoms with E-state index in [1.165, 1.54) is 16.3 Å². The lowest BCUT2D eigenvalue weighted by molar-refractivity contribution is 0.0471. The molecule has 1 N–H and O–H groups in total. The summed E-state index contributed by atoms with van der Waals surface area (Å²) in [6, 6.07) is 21.1. The fourth-order valence-corrected chi connectivity index (χ4v) is 3.88. The molecule has 0 aliphatic carbocycles. The van der Waals surface area contributed by atoms with Gasteiger partial charge < -0.3 is 5.11 Å². The van der Waals surface area contributed by atoms with Crippen LogP contribution in [0.25, 0.3) is 10.8 Å². The van der Waals surface area contributed by atoms with Gasteiger partial charge in [0.15, 0.2) is 0 Å². The number of aryl methyl sites for hydroxylation is 1. The zero-order valence-electron chi connectivity index (χ0n) is 14.6. The van der Waals surface area contributed by atoms with Crippen molar-refractivity contribution in [3.05, 3.63) is 77.6 Å². The fourth-order valence-electron chi connectivity index (χ4n) is 3.88. The molecule has 3 nitrogen and oxygen atoms in total. The number of pyridine rings is 1. The molecule has 0 unspecified atom stereocenters. The van der Waals surface area contributed by atoms with Gasteiger partial charge in [0.05, 0.1) is 11.8 Å². The number of hydrogen-bond acceptors (Lipinski definition) is 3. The molecular formula is C22H24N2O.